The molecule has 14 atom stereocenters. The molecule has 0 saturated carbocycles. The first-order chi connectivity index (χ1) is 62.3. The fourth-order valence-electron chi connectivity index (χ4n) is 19.8. The second-order valence-electron chi connectivity index (χ2n) is 37.7. The summed E-state index contributed by atoms with van der Waals surface area (Å²) >= 11 is 0. The highest BCUT2D eigenvalue weighted by Gasteiger charge is 2.48. The molecule has 0 aliphatic carbocycles. The Balaban J connectivity index is 0.000000194. The van der Waals surface area contributed by atoms with Crippen LogP contribution in [0.2, 0.25) is 0 Å². The van der Waals surface area contributed by atoms with E-state index in [0.29, 0.717) is 64.1 Å². The van der Waals surface area contributed by atoms with Crippen LogP contribution < -0.4 is 30.7 Å². The van der Waals surface area contributed by atoms with Gasteiger partial charge in [-0.2, -0.15) is 0 Å². The Hall–Kier alpha value is -11.8. The summed E-state index contributed by atoms with van der Waals surface area (Å²) in [6.45, 7) is 28.5. The number of carbonyl (C=O) groups is 8. The zero-order valence-corrected chi connectivity index (χ0v) is 78.5. The van der Waals surface area contributed by atoms with Crippen molar-refractivity contribution >= 4 is 92.7 Å². The minimum Gasteiger partial charge on any atom is -0.488 e. The number of alkyl carbamates (subject to hydrolysis) is 3. The van der Waals surface area contributed by atoms with Crippen molar-refractivity contribution in [3.05, 3.63) is 131 Å². The van der Waals surface area contributed by atoms with Crippen LogP contribution in [0.1, 0.15) is 187 Å². The average molecular weight is 1780 g/mol. The van der Waals surface area contributed by atoms with Crippen LogP contribution in [0.15, 0.2) is 107 Å². The maximum Gasteiger partial charge on any atom is 0.410 e. The first-order valence-corrected chi connectivity index (χ1v) is 45.9. The van der Waals surface area contributed by atoms with Gasteiger partial charge in [-0.3, -0.25) is 29.3 Å². The van der Waals surface area contributed by atoms with Crippen LogP contribution in [0, 0.1) is 35.5 Å². The molecule has 6 aromatic carbocycles. The minimum atomic E-state index is -0.734. The Morgan fingerprint density at radius 1 is 0.531 bits per heavy atom. The number of H-pyrrole nitrogens is 2. The quantitative estimate of drug-likeness (QED) is 0.0242. The van der Waals surface area contributed by atoms with Gasteiger partial charge in [-0.05, 0) is 218 Å². The number of hydrogen-bond donors (Lipinski definition) is 6. The molecule has 10 heterocycles. The highest BCUT2D eigenvalue weighted by Crippen LogP contribution is 2.49. The van der Waals surface area contributed by atoms with Gasteiger partial charge in [0.1, 0.15) is 66.4 Å². The third-order valence-corrected chi connectivity index (χ3v) is 27.2. The molecular weight excluding hydrogens is 1650 g/mol. The molecule has 8 aliphatic rings. The Labute approximate surface area is 761 Å². The van der Waals surface area contributed by atoms with Crippen molar-refractivity contribution in [3.8, 4) is 56.3 Å². The maximum atomic E-state index is 14.1. The van der Waals surface area contributed by atoms with Gasteiger partial charge in [-0.25, -0.2) is 29.1 Å². The van der Waals surface area contributed by atoms with Gasteiger partial charge < -0.3 is 88.6 Å². The normalized spacial score (nSPS) is 21.2. The highest BCUT2D eigenvalue weighted by molar-refractivity contribution is 6.08. The van der Waals surface area contributed by atoms with Crippen LogP contribution in [0.4, 0.5) is 30.6 Å². The van der Waals surface area contributed by atoms with E-state index in [0.717, 1.165) is 186 Å². The lowest BCUT2D eigenvalue weighted by atomic mass is 9.90. The smallest absolute Gasteiger partial charge is 0.410 e. The van der Waals surface area contributed by atoms with Crippen LogP contribution >= 0.6 is 0 Å². The van der Waals surface area contributed by atoms with Gasteiger partial charge in [0, 0.05) is 86.6 Å². The van der Waals surface area contributed by atoms with Crippen LogP contribution in [0.3, 0.4) is 0 Å². The summed E-state index contributed by atoms with van der Waals surface area (Å²) in [5.41, 5.74) is 15.4. The summed E-state index contributed by atoms with van der Waals surface area (Å²) in [7, 11) is 9.07. The number of aldehydes is 1. The second-order valence-corrected chi connectivity index (χ2v) is 37.7. The molecule has 0 radical (unpaired) electrons. The van der Waals surface area contributed by atoms with E-state index in [2.05, 4.69) is 116 Å². The lowest BCUT2D eigenvalue weighted by molar-refractivity contribution is -0.138. The molecule has 0 bridgehead atoms. The molecule has 6 N–H and O–H groups in total. The Bertz CT molecular complexity index is 5610. The Morgan fingerprint density at radius 2 is 0.962 bits per heavy atom. The number of imidazole rings is 2. The fraction of sp³-hybridized carbons (Fsp3) is 0.520. The van der Waals surface area contributed by atoms with Crippen molar-refractivity contribution < 1.29 is 76.3 Å². The van der Waals surface area contributed by atoms with Crippen molar-refractivity contribution in [2.75, 3.05) is 68.9 Å². The number of aromatic amines is 2. The zero-order valence-electron chi connectivity index (χ0n) is 78.5. The number of rotatable bonds is 24. The molecule has 0 unspecified atom stereocenters. The van der Waals surface area contributed by atoms with Gasteiger partial charge >= 0.3 is 24.4 Å². The predicted molar refractivity (Wildman–Crippen MR) is 498 cm³/mol. The summed E-state index contributed by atoms with van der Waals surface area (Å²) in [5.74, 6) is 3.12. The maximum absolute atomic E-state index is 14.1. The van der Waals surface area contributed by atoms with E-state index in [1.54, 1.807) is 21.3 Å². The van der Waals surface area contributed by atoms with E-state index < -0.39 is 42.0 Å². The lowest BCUT2D eigenvalue weighted by Gasteiger charge is -2.33. The number of likely N-dealkylation sites (tertiary alicyclic amines) is 4. The van der Waals surface area contributed by atoms with Crippen molar-refractivity contribution in [1.29, 1.82) is 0 Å². The van der Waals surface area contributed by atoms with Crippen LogP contribution in [-0.4, -0.2) is 222 Å². The first-order valence-electron chi connectivity index (χ1n) is 45.9. The third kappa shape index (κ3) is 19.8. The highest BCUT2D eigenvalue weighted by atomic mass is 16.6. The molecule has 0 spiro atoms. The van der Waals surface area contributed by atoms with Crippen LogP contribution in [0.25, 0.3) is 66.3 Å². The minimum absolute atomic E-state index is 0.00426. The summed E-state index contributed by atoms with van der Waals surface area (Å²) in [6, 6.07) is 26.8. The number of benzene rings is 6. The molecule has 4 fully saturated rings. The van der Waals surface area contributed by atoms with Gasteiger partial charge in [0.15, 0.2) is 0 Å². The monoisotopic (exact) mass is 1780 g/mol. The van der Waals surface area contributed by atoms with E-state index in [9.17, 15) is 38.4 Å². The first kappa shape index (κ1) is 94.4. The van der Waals surface area contributed by atoms with E-state index in [4.69, 9.17) is 57.8 Å². The molecule has 8 aliphatic heterocycles. The number of aliphatic imine (C=N–C) groups is 2. The second kappa shape index (κ2) is 40.3. The molecule has 8 aromatic rings. The average Bonchev–Trinajstić information content (AvgIpc) is 1.49. The number of carbonyl (C=O) groups excluding carboxylic acids is 8. The van der Waals surface area contributed by atoms with Crippen molar-refractivity contribution in [3.63, 3.8) is 0 Å². The summed E-state index contributed by atoms with van der Waals surface area (Å²) < 4.78 is 44.3. The topological polar surface area (TPSA) is 354 Å². The molecule has 30 heteroatoms. The van der Waals surface area contributed by atoms with Gasteiger partial charge in [-0.15, -0.1) is 0 Å². The van der Waals surface area contributed by atoms with Crippen LogP contribution in [0.5, 0.6) is 11.5 Å². The number of nitrogens with one attached hydrogen (secondary N) is 6. The number of hydrogen-bond acceptors (Lipinski definition) is 21. The van der Waals surface area contributed by atoms with Gasteiger partial charge in [0.25, 0.3) is 0 Å². The summed E-state index contributed by atoms with van der Waals surface area (Å²) in [4.78, 5) is 137. The van der Waals surface area contributed by atoms with E-state index >= 15 is 0 Å². The van der Waals surface area contributed by atoms with Crippen LogP contribution in [-0.2, 0) is 73.7 Å². The number of nitrogens with zero attached hydrogens (tertiary/aromatic N) is 8. The molecule has 694 valence electrons. The number of ether oxygens (including phenoxy) is 8. The number of amides is 7. The fourth-order valence-corrected chi connectivity index (χ4v) is 19.8. The molecule has 30 nitrogen and oxygen atoms in total. The molecule has 130 heavy (non-hydrogen) atoms. The SMILES string of the molecule is CC[C@H](C)[C@H](NC(=O)OC)C(=O)N1[C@@H](C)CC[C@H]1c1ncc(-c2ccc3c(c2)COc2cc4c5c(ccc4cc2-3)N=C([C@@H]2C[C@H](COC)CN2C(=O)OC(C)(C)C)C5)[nH]1.CC[C@H](C)[C@H](NC(=O)OC)C(=O)N1[C@@H](C)CC[C@H]1c1ncc(-c2ccc3c(c2)COc2cc4c5c(ccc4cc2-3)N=C([C@@H]2C[C@H](COC)CN2C(=O)[C@@H](NC(=O)OC)C(C)C)C5)[nH]1.CN[C@H](C=O)C(C)C. The van der Waals surface area contributed by atoms with Gasteiger partial charge in [0.05, 0.1) is 99.9 Å². The predicted octanol–water partition coefficient (Wildman–Crippen LogP) is 16.4. The molecule has 7 amide bonds. The Kier molecular flexibility index (Phi) is 29.3. The standard InChI is InChI=1S/C48H59N7O8.C46H56N6O7.C6H13NO/c1-9-26(4)43(53-48(59)62-8)46(57)55-27(5)10-15-39(55)44-49-21-38(51-44)30-11-13-32-31(17-30)24-63-41-20-33-29(18-35(32)41)12-14-36-34(33)19-37(50-36)40-16-28(23-60-6)22-54(40)45(56)42(25(2)3)52-47(58)61-7;1-9-25(2)41(50-44(54)57-8)43(53)52-26(3)10-15-38(52)42-47-21-37(49-42)29-11-13-31-30(17-29)24-58-40-20-32-28(18-34(31)40)12-14-35-33(32)19-36(48-35)39-16-27(23-56-7)22-51(39)45(55)59-46(4,5)6;1-5(2)6(4-8)7-3/h11-14,17-18,20-21,25-28,39-40,42-43H,9-10,15-16,19,22-24H2,1-8H3,(H,49,51)(H,52,58)(H,53,59);11-14,17-18,20-21,25-27,38-39,41H,9-10,15-16,19,22-24H2,1-8H3,(H,47,49)(H,50,54);4-7H,1-3H3/t26-,27-,28-,39-,40-,42-,43-;25-,26-,27-,38-,39-,41-;6-/m001/s1. The number of methoxy groups -OCH3 is 5. The van der Waals surface area contributed by atoms with E-state index in [-0.39, 0.29) is 95.7 Å². The van der Waals surface area contributed by atoms with Crippen molar-refractivity contribution in [2.45, 2.75) is 233 Å². The van der Waals surface area contributed by atoms with E-state index in [1.807, 2.05) is 122 Å². The zero-order chi connectivity index (χ0) is 93.0. The van der Waals surface area contributed by atoms with Crippen molar-refractivity contribution in [2.24, 2.45) is 45.5 Å². The van der Waals surface area contributed by atoms with E-state index in [1.165, 1.54) is 21.3 Å². The van der Waals surface area contributed by atoms with Gasteiger partial charge in [-0.1, -0.05) is 105 Å². The largest absolute Gasteiger partial charge is 0.488 e. The van der Waals surface area contributed by atoms with Gasteiger partial charge in [0.2, 0.25) is 17.7 Å². The molecular formula is C100H128N14O16. The summed E-state index contributed by atoms with van der Waals surface area (Å²) in [5, 5.41) is 15.5. The number of likely N-dealkylation sites (N-methyl/N-ethyl adjacent to an activating group) is 1. The third-order valence-electron chi connectivity index (χ3n) is 27.2. The molecule has 16 rings (SSSR count). The van der Waals surface area contributed by atoms with Crippen molar-refractivity contribution in [1.82, 2.24) is 60.8 Å². The number of aromatic nitrogens is 4. The lowest BCUT2D eigenvalue weighted by Crippen LogP contribution is -2.53. The summed E-state index contributed by atoms with van der Waals surface area (Å²) in [6.07, 6.45) is 9.79. The number of fused-ring (bicyclic) bond motifs is 12. The molecule has 4 saturated heterocycles. The molecule has 2 aromatic heterocycles. The Morgan fingerprint density at radius 3 is 1.35 bits per heavy atom.